The van der Waals surface area contributed by atoms with E-state index in [1.165, 1.54) is 11.1 Å². The third-order valence-corrected chi connectivity index (χ3v) is 7.24. The number of imidazole rings is 1. The second-order valence-corrected chi connectivity index (χ2v) is 9.49. The van der Waals surface area contributed by atoms with Crippen molar-refractivity contribution in [2.45, 2.75) is 62.8 Å². The highest BCUT2D eigenvalue weighted by molar-refractivity contribution is 6.33. The topological polar surface area (TPSA) is 78.2 Å². The summed E-state index contributed by atoms with van der Waals surface area (Å²) in [4.78, 5) is 32.8. The Bertz CT molecular complexity index is 1110. The van der Waals surface area contributed by atoms with E-state index in [0.717, 1.165) is 36.2 Å². The van der Waals surface area contributed by atoms with Crippen molar-refractivity contribution in [3.63, 3.8) is 0 Å². The molecule has 1 N–H and O–H groups in total. The Morgan fingerprint density at radius 1 is 1.15 bits per heavy atom. The van der Waals surface area contributed by atoms with Crippen molar-refractivity contribution in [3.8, 4) is 0 Å². The summed E-state index contributed by atoms with van der Waals surface area (Å²) in [6, 6.07) is 0.819. The summed E-state index contributed by atoms with van der Waals surface area (Å²) in [5.74, 6) is -0.927. The van der Waals surface area contributed by atoms with E-state index in [0.29, 0.717) is 18.4 Å². The second kappa shape index (κ2) is 8.16. The van der Waals surface area contributed by atoms with Crippen LogP contribution in [0.2, 0.25) is 5.15 Å². The molecule has 33 heavy (non-hydrogen) atoms. The van der Waals surface area contributed by atoms with Gasteiger partial charge in [0.2, 0.25) is 5.91 Å². The predicted molar refractivity (Wildman–Crippen MR) is 113 cm³/mol. The molecule has 0 aromatic carbocycles. The Kier molecular flexibility index (Phi) is 5.55. The highest BCUT2D eigenvalue weighted by Gasteiger charge is 2.40. The molecule has 2 aliphatic carbocycles. The Labute approximate surface area is 193 Å². The van der Waals surface area contributed by atoms with Crippen molar-refractivity contribution in [2.24, 2.45) is 0 Å². The van der Waals surface area contributed by atoms with Crippen molar-refractivity contribution in [2.75, 3.05) is 19.6 Å². The van der Waals surface area contributed by atoms with Gasteiger partial charge in [-0.15, -0.1) is 0 Å². The van der Waals surface area contributed by atoms with Crippen LogP contribution in [0.3, 0.4) is 0 Å². The molecule has 178 valence electrons. The zero-order chi connectivity index (χ0) is 23.5. The lowest BCUT2D eigenvalue weighted by Crippen LogP contribution is -2.58. The van der Waals surface area contributed by atoms with Gasteiger partial charge >= 0.3 is 6.18 Å². The molecule has 3 fully saturated rings. The lowest BCUT2D eigenvalue weighted by molar-refractivity contribution is -0.141. The molecule has 11 heteroatoms. The first kappa shape index (κ1) is 22.5. The first-order chi connectivity index (χ1) is 15.6. The van der Waals surface area contributed by atoms with Gasteiger partial charge in [0.1, 0.15) is 11.7 Å². The summed E-state index contributed by atoms with van der Waals surface area (Å²) in [6.07, 6.45) is 1.09. The number of aliphatic hydroxyl groups excluding tert-OH is 1. The maximum Gasteiger partial charge on any atom is 0.419 e. The molecule has 2 atom stereocenters. The van der Waals surface area contributed by atoms with Crippen LogP contribution in [-0.4, -0.2) is 67.9 Å². The SMILES string of the molecule is O=C(c1nc2c(C(F)(F)F)cc(C3CC3)cn2c1Cl)N1CCN(C2CCCC[C@H]2O)C(=O)C1. The number of carbonyl (C=O) groups is 2. The van der Waals surface area contributed by atoms with Gasteiger partial charge < -0.3 is 14.9 Å². The number of nitrogens with zero attached hydrogens (tertiary/aromatic N) is 4. The Balaban J connectivity index is 1.42. The summed E-state index contributed by atoms with van der Waals surface area (Å²) in [7, 11) is 0. The largest absolute Gasteiger partial charge is 0.419 e. The standard InChI is InChI=1S/C22H24ClF3N4O3/c23-19-18(27-20-14(22(24,25)26)9-13(10-30(19)20)12-5-6-12)21(33)28-7-8-29(17(32)11-28)15-3-1-2-4-16(15)31/h9-10,12,15-16,31H,1-8,11H2/t15?,16-/m1/s1. The average Bonchev–Trinajstić information content (AvgIpc) is 3.57. The molecule has 0 spiro atoms. The Morgan fingerprint density at radius 3 is 2.52 bits per heavy atom. The van der Waals surface area contributed by atoms with Gasteiger partial charge in [0, 0.05) is 19.3 Å². The van der Waals surface area contributed by atoms with Crippen molar-refractivity contribution >= 4 is 29.1 Å². The summed E-state index contributed by atoms with van der Waals surface area (Å²) in [5, 5.41) is 10.1. The third-order valence-electron chi connectivity index (χ3n) is 6.88. The molecule has 2 aromatic heterocycles. The van der Waals surface area contributed by atoms with Crippen molar-refractivity contribution < 1.29 is 27.9 Å². The van der Waals surface area contributed by atoms with Crippen LogP contribution in [0, 0.1) is 0 Å². The van der Waals surface area contributed by atoms with Crippen LogP contribution in [-0.2, 0) is 11.0 Å². The molecular weight excluding hydrogens is 461 g/mol. The zero-order valence-electron chi connectivity index (χ0n) is 17.8. The Morgan fingerprint density at radius 2 is 1.88 bits per heavy atom. The van der Waals surface area contributed by atoms with Gasteiger partial charge in [-0.3, -0.25) is 14.0 Å². The number of hydrogen-bond donors (Lipinski definition) is 1. The summed E-state index contributed by atoms with van der Waals surface area (Å²) in [6.45, 7) is 0.208. The van der Waals surface area contributed by atoms with Gasteiger partial charge in [0.15, 0.2) is 11.3 Å². The van der Waals surface area contributed by atoms with Gasteiger partial charge in [-0.1, -0.05) is 24.4 Å². The minimum absolute atomic E-state index is 0.0500. The van der Waals surface area contributed by atoms with E-state index < -0.39 is 29.4 Å². The van der Waals surface area contributed by atoms with E-state index in [1.807, 2.05) is 0 Å². The Hall–Kier alpha value is -2.33. The number of halogens is 4. The number of rotatable bonds is 3. The highest BCUT2D eigenvalue weighted by Crippen LogP contribution is 2.43. The first-order valence-electron chi connectivity index (χ1n) is 11.2. The molecule has 5 rings (SSSR count). The van der Waals surface area contributed by atoms with Crippen LogP contribution in [0.4, 0.5) is 13.2 Å². The maximum absolute atomic E-state index is 13.7. The summed E-state index contributed by atoms with van der Waals surface area (Å²) < 4.78 is 42.3. The molecule has 0 bridgehead atoms. The fraction of sp³-hybridized carbons (Fsp3) is 0.591. The van der Waals surface area contributed by atoms with Crippen LogP contribution >= 0.6 is 11.6 Å². The van der Waals surface area contributed by atoms with Crippen molar-refractivity contribution in [1.29, 1.82) is 0 Å². The van der Waals surface area contributed by atoms with E-state index in [4.69, 9.17) is 11.6 Å². The minimum Gasteiger partial charge on any atom is -0.391 e. The molecule has 1 unspecified atom stereocenters. The predicted octanol–water partition coefficient (Wildman–Crippen LogP) is 3.47. The van der Waals surface area contributed by atoms with Crippen molar-refractivity contribution in [3.05, 3.63) is 34.2 Å². The molecule has 3 heterocycles. The zero-order valence-corrected chi connectivity index (χ0v) is 18.6. The van der Waals surface area contributed by atoms with Crippen LogP contribution < -0.4 is 0 Å². The summed E-state index contributed by atoms with van der Waals surface area (Å²) >= 11 is 6.35. The monoisotopic (exact) mass is 484 g/mol. The van der Waals surface area contributed by atoms with E-state index in [2.05, 4.69) is 4.98 Å². The fourth-order valence-corrected chi connectivity index (χ4v) is 5.19. The van der Waals surface area contributed by atoms with E-state index in [9.17, 15) is 27.9 Å². The third kappa shape index (κ3) is 4.07. The average molecular weight is 485 g/mol. The van der Waals surface area contributed by atoms with Gasteiger partial charge in [0.25, 0.3) is 5.91 Å². The van der Waals surface area contributed by atoms with E-state index in [-0.39, 0.29) is 48.3 Å². The smallest absolute Gasteiger partial charge is 0.391 e. The van der Waals surface area contributed by atoms with Crippen molar-refractivity contribution in [1.82, 2.24) is 19.2 Å². The molecule has 1 aliphatic heterocycles. The molecule has 1 saturated heterocycles. The normalized spacial score (nSPS) is 24.6. The molecule has 7 nitrogen and oxygen atoms in total. The van der Waals surface area contributed by atoms with E-state index >= 15 is 0 Å². The highest BCUT2D eigenvalue weighted by atomic mass is 35.5. The number of aromatic nitrogens is 2. The number of hydrogen-bond acceptors (Lipinski definition) is 4. The number of carbonyl (C=O) groups excluding carboxylic acids is 2. The molecule has 0 radical (unpaired) electrons. The summed E-state index contributed by atoms with van der Waals surface area (Å²) in [5.41, 5.74) is -1.13. The van der Waals surface area contributed by atoms with Crippen LogP contribution in [0.5, 0.6) is 0 Å². The first-order valence-corrected chi connectivity index (χ1v) is 11.6. The van der Waals surface area contributed by atoms with E-state index in [1.54, 1.807) is 4.90 Å². The second-order valence-electron chi connectivity index (χ2n) is 9.14. The quantitative estimate of drug-likeness (QED) is 0.723. The lowest BCUT2D eigenvalue weighted by atomic mass is 9.91. The molecular formula is C22H24ClF3N4O3. The number of aliphatic hydroxyl groups is 1. The maximum atomic E-state index is 13.7. The molecule has 3 aliphatic rings. The minimum atomic E-state index is -4.65. The van der Waals surface area contributed by atoms with Crippen LogP contribution in [0.15, 0.2) is 12.3 Å². The van der Waals surface area contributed by atoms with Gasteiger partial charge in [-0.2, -0.15) is 13.2 Å². The van der Waals surface area contributed by atoms with Crippen LogP contribution in [0.1, 0.15) is 66.1 Å². The molecule has 2 saturated carbocycles. The fourth-order valence-electron chi connectivity index (χ4n) is 4.94. The number of alkyl halides is 3. The lowest BCUT2D eigenvalue weighted by Gasteiger charge is -2.42. The molecule has 2 amide bonds. The van der Waals surface area contributed by atoms with Gasteiger partial charge in [-0.05, 0) is 43.2 Å². The molecule has 2 aromatic rings. The van der Waals surface area contributed by atoms with Crippen LogP contribution in [0.25, 0.3) is 5.65 Å². The van der Waals surface area contributed by atoms with Gasteiger partial charge in [0.05, 0.1) is 17.7 Å². The van der Waals surface area contributed by atoms with Gasteiger partial charge in [-0.25, -0.2) is 4.98 Å². The number of pyridine rings is 1. The number of piperazine rings is 1. The number of amides is 2. The number of fused-ring (bicyclic) bond motifs is 1.